The maximum absolute atomic E-state index is 12.9. The smallest absolute Gasteiger partial charge is 0.334 e. The third-order valence-electron chi connectivity index (χ3n) is 4.28. The molecule has 26 heavy (non-hydrogen) atoms. The first-order chi connectivity index (χ1) is 12.6. The van der Waals surface area contributed by atoms with E-state index in [1.165, 1.54) is 16.0 Å². The highest BCUT2D eigenvalue weighted by Crippen LogP contribution is 2.12. The molecule has 1 unspecified atom stereocenters. The van der Waals surface area contributed by atoms with E-state index in [0.29, 0.717) is 11.5 Å². The highest BCUT2D eigenvalue weighted by atomic mass is 32.1. The molecular weight excluding hydrogens is 350 g/mol. The van der Waals surface area contributed by atoms with Crippen molar-refractivity contribution in [1.82, 2.24) is 24.7 Å². The van der Waals surface area contributed by atoms with Gasteiger partial charge in [0.05, 0.1) is 0 Å². The number of rotatable bonds is 7. The van der Waals surface area contributed by atoms with Crippen molar-refractivity contribution in [3.63, 3.8) is 0 Å². The SMILES string of the molecule is CCC(C)N(Cc1ccccc1)C(=O)Cn1nnn(-c2cccs2)c1=O. The fourth-order valence-corrected chi connectivity index (χ4v) is 3.28. The van der Waals surface area contributed by atoms with Gasteiger partial charge in [0.1, 0.15) is 11.5 Å². The van der Waals surface area contributed by atoms with Crippen LogP contribution in [0.3, 0.4) is 0 Å². The third-order valence-corrected chi connectivity index (χ3v) is 5.12. The Labute approximate surface area is 155 Å². The van der Waals surface area contributed by atoms with Gasteiger partial charge in [0.2, 0.25) is 5.91 Å². The minimum Gasteiger partial charge on any atom is -0.334 e. The lowest BCUT2D eigenvalue weighted by molar-refractivity contribution is -0.135. The largest absolute Gasteiger partial charge is 0.369 e. The first-order valence-corrected chi connectivity index (χ1v) is 9.38. The number of benzene rings is 1. The van der Waals surface area contributed by atoms with Crippen molar-refractivity contribution in [1.29, 1.82) is 0 Å². The van der Waals surface area contributed by atoms with Gasteiger partial charge >= 0.3 is 5.69 Å². The molecule has 3 rings (SSSR count). The first kappa shape index (κ1) is 18.1. The fraction of sp³-hybridized carbons (Fsp3) is 0.333. The number of hydrogen-bond donors (Lipinski definition) is 0. The van der Waals surface area contributed by atoms with Crippen molar-refractivity contribution >= 4 is 17.2 Å². The number of thiophene rings is 1. The van der Waals surface area contributed by atoms with Crippen LogP contribution in [0.1, 0.15) is 25.8 Å². The van der Waals surface area contributed by atoms with E-state index >= 15 is 0 Å². The number of carbonyl (C=O) groups excluding carboxylic acids is 1. The summed E-state index contributed by atoms with van der Waals surface area (Å²) in [4.78, 5) is 27.1. The summed E-state index contributed by atoms with van der Waals surface area (Å²) >= 11 is 1.39. The maximum Gasteiger partial charge on any atom is 0.369 e. The summed E-state index contributed by atoms with van der Waals surface area (Å²) in [5.74, 6) is -0.150. The second kappa shape index (κ2) is 8.09. The highest BCUT2D eigenvalue weighted by Gasteiger charge is 2.21. The van der Waals surface area contributed by atoms with Gasteiger partial charge < -0.3 is 4.90 Å². The Hall–Kier alpha value is -2.74. The second-order valence-corrected chi connectivity index (χ2v) is 6.97. The number of amides is 1. The zero-order chi connectivity index (χ0) is 18.5. The molecule has 0 bridgehead atoms. The monoisotopic (exact) mass is 371 g/mol. The molecular formula is C18H21N5O2S. The molecule has 0 aliphatic carbocycles. The first-order valence-electron chi connectivity index (χ1n) is 8.50. The molecule has 0 saturated heterocycles. The summed E-state index contributed by atoms with van der Waals surface area (Å²) in [6, 6.07) is 13.5. The molecule has 0 N–H and O–H groups in total. The molecule has 0 aliphatic heterocycles. The Bertz CT molecular complexity index is 901. The topological polar surface area (TPSA) is 73.0 Å². The zero-order valence-corrected chi connectivity index (χ0v) is 15.6. The van der Waals surface area contributed by atoms with Crippen molar-refractivity contribution in [2.24, 2.45) is 0 Å². The lowest BCUT2D eigenvalue weighted by atomic mass is 10.1. The molecule has 136 valence electrons. The molecule has 0 fully saturated rings. The molecule has 7 nitrogen and oxygen atoms in total. The van der Waals surface area contributed by atoms with Gasteiger partial charge in [-0.25, -0.2) is 4.79 Å². The lowest BCUT2D eigenvalue weighted by Crippen LogP contribution is -2.41. The molecule has 2 heterocycles. The van der Waals surface area contributed by atoms with Crippen LogP contribution >= 0.6 is 11.3 Å². The number of nitrogens with zero attached hydrogens (tertiary/aromatic N) is 5. The summed E-state index contributed by atoms with van der Waals surface area (Å²) in [5, 5.41) is 10.3. The van der Waals surface area contributed by atoms with Crippen molar-refractivity contribution in [2.75, 3.05) is 0 Å². The Morgan fingerprint density at radius 2 is 1.96 bits per heavy atom. The van der Waals surface area contributed by atoms with E-state index in [9.17, 15) is 9.59 Å². The third kappa shape index (κ3) is 3.91. The van der Waals surface area contributed by atoms with Gasteiger partial charge in [0, 0.05) is 12.6 Å². The van der Waals surface area contributed by atoms with Gasteiger partial charge in [-0.1, -0.05) is 37.3 Å². The zero-order valence-electron chi connectivity index (χ0n) is 14.8. The fourth-order valence-electron chi connectivity index (χ4n) is 2.61. The Kier molecular flexibility index (Phi) is 5.62. The number of carbonyl (C=O) groups is 1. The van der Waals surface area contributed by atoms with Gasteiger partial charge in [-0.15, -0.1) is 11.3 Å². The van der Waals surface area contributed by atoms with Crippen LogP contribution in [0.15, 0.2) is 52.6 Å². The van der Waals surface area contributed by atoms with Crippen molar-refractivity contribution < 1.29 is 4.79 Å². The summed E-state index contributed by atoms with van der Waals surface area (Å²) in [7, 11) is 0. The van der Waals surface area contributed by atoms with E-state index in [1.54, 1.807) is 11.0 Å². The summed E-state index contributed by atoms with van der Waals surface area (Å²) in [6.45, 7) is 4.42. The molecule has 1 aromatic carbocycles. The van der Waals surface area contributed by atoms with Gasteiger partial charge in [0.25, 0.3) is 0 Å². The molecule has 0 aliphatic rings. The van der Waals surface area contributed by atoms with E-state index in [1.807, 2.05) is 55.6 Å². The van der Waals surface area contributed by atoms with Crippen LogP contribution in [0.25, 0.3) is 5.00 Å². The summed E-state index contributed by atoms with van der Waals surface area (Å²) in [6.07, 6.45) is 0.829. The van der Waals surface area contributed by atoms with E-state index < -0.39 is 5.69 Å². The van der Waals surface area contributed by atoms with Crippen LogP contribution in [0.2, 0.25) is 0 Å². The molecule has 0 radical (unpaired) electrons. The molecule has 1 amide bonds. The van der Waals surface area contributed by atoms with Gasteiger partial charge in [-0.3, -0.25) is 4.79 Å². The minimum absolute atomic E-state index is 0.0609. The van der Waals surface area contributed by atoms with E-state index in [0.717, 1.165) is 16.7 Å². The van der Waals surface area contributed by atoms with E-state index in [2.05, 4.69) is 10.4 Å². The molecule has 0 saturated carbocycles. The molecule has 8 heteroatoms. The Morgan fingerprint density at radius 3 is 2.62 bits per heavy atom. The van der Waals surface area contributed by atoms with Gasteiger partial charge in [-0.2, -0.15) is 9.36 Å². The van der Waals surface area contributed by atoms with E-state index in [4.69, 9.17) is 0 Å². The van der Waals surface area contributed by atoms with Crippen LogP contribution in [-0.2, 0) is 17.9 Å². The predicted molar refractivity (Wildman–Crippen MR) is 100 cm³/mol. The van der Waals surface area contributed by atoms with Crippen LogP contribution in [-0.4, -0.2) is 36.6 Å². The average molecular weight is 371 g/mol. The maximum atomic E-state index is 12.9. The minimum atomic E-state index is -0.412. The Morgan fingerprint density at radius 1 is 1.19 bits per heavy atom. The second-order valence-electron chi connectivity index (χ2n) is 6.05. The lowest BCUT2D eigenvalue weighted by Gasteiger charge is -2.28. The quantitative estimate of drug-likeness (QED) is 0.639. The van der Waals surface area contributed by atoms with Crippen LogP contribution in [0, 0.1) is 0 Å². The van der Waals surface area contributed by atoms with Crippen molar-refractivity contribution in [3.8, 4) is 5.00 Å². The van der Waals surface area contributed by atoms with Crippen LogP contribution in [0.4, 0.5) is 0 Å². The summed E-state index contributed by atoms with van der Waals surface area (Å²) in [5.41, 5.74) is 0.639. The Balaban J connectivity index is 1.79. The molecule has 2 aromatic heterocycles. The van der Waals surface area contributed by atoms with Gasteiger partial charge in [0.15, 0.2) is 0 Å². The van der Waals surface area contributed by atoms with Crippen molar-refractivity contribution in [2.45, 2.75) is 39.4 Å². The highest BCUT2D eigenvalue weighted by molar-refractivity contribution is 7.12. The standard InChI is InChI=1S/C18H21N5O2S/c1-3-14(2)21(12-15-8-5-4-6-9-15)16(24)13-22-18(25)23(20-19-22)17-10-7-11-26-17/h4-11,14H,3,12-13H2,1-2H3. The molecule has 1 atom stereocenters. The van der Waals surface area contributed by atoms with Gasteiger partial charge in [-0.05, 0) is 46.8 Å². The number of hydrogen-bond acceptors (Lipinski definition) is 5. The number of aromatic nitrogens is 4. The predicted octanol–water partition coefficient (Wildman–Crippen LogP) is 2.32. The molecule has 3 aromatic rings. The number of tetrazole rings is 1. The molecule has 0 spiro atoms. The normalized spacial score (nSPS) is 12.1. The van der Waals surface area contributed by atoms with Crippen LogP contribution in [0.5, 0.6) is 0 Å². The van der Waals surface area contributed by atoms with Crippen molar-refractivity contribution in [3.05, 3.63) is 63.9 Å². The summed E-state index contributed by atoms with van der Waals surface area (Å²) < 4.78 is 2.32. The van der Waals surface area contributed by atoms with Crippen LogP contribution < -0.4 is 5.69 Å². The average Bonchev–Trinajstić information content (AvgIpc) is 3.30. The van der Waals surface area contributed by atoms with E-state index in [-0.39, 0.29) is 18.5 Å².